The average molecular weight is 295 g/mol. The van der Waals surface area contributed by atoms with Crippen molar-refractivity contribution < 1.29 is 14.0 Å². The van der Waals surface area contributed by atoms with Crippen molar-refractivity contribution in [2.24, 2.45) is 5.92 Å². The van der Waals surface area contributed by atoms with Crippen molar-refractivity contribution in [3.63, 3.8) is 0 Å². The molecule has 2 aliphatic heterocycles. The Kier molecular flexibility index (Phi) is 4.75. The predicted molar refractivity (Wildman–Crippen MR) is 78.5 cm³/mol. The first kappa shape index (κ1) is 14.8. The van der Waals surface area contributed by atoms with Crippen LogP contribution in [0.5, 0.6) is 0 Å². The third kappa shape index (κ3) is 3.74. The number of nitrogens with zero attached hydrogens (tertiary/aromatic N) is 3. The minimum atomic E-state index is 0.303. The van der Waals surface area contributed by atoms with Crippen molar-refractivity contribution in [2.45, 2.75) is 45.1 Å². The van der Waals surface area contributed by atoms with Crippen LogP contribution in [0.25, 0.3) is 0 Å². The highest BCUT2D eigenvalue weighted by Crippen LogP contribution is 2.23. The largest absolute Gasteiger partial charge is 0.381 e. The van der Waals surface area contributed by atoms with Gasteiger partial charge >= 0.3 is 6.01 Å². The normalized spacial score (nSPS) is 24.1. The van der Waals surface area contributed by atoms with Gasteiger partial charge in [0.1, 0.15) is 0 Å². The summed E-state index contributed by atoms with van der Waals surface area (Å²) < 4.78 is 16.7. The molecule has 0 aromatic carbocycles. The van der Waals surface area contributed by atoms with E-state index in [0.717, 1.165) is 58.0 Å². The Bertz CT molecular complexity index is 435. The molecule has 118 valence electrons. The van der Waals surface area contributed by atoms with Crippen LogP contribution in [-0.2, 0) is 9.47 Å². The third-order valence-electron chi connectivity index (χ3n) is 4.25. The van der Waals surface area contributed by atoms with Crippen LogP contribution in [0.3, 0.4) is 0 Å². The van der Waals surface area contributed by atoms with Gasteiger partial charge in [-0.25, -0.2) is 0 Å². The SMILES string of the molecule is CC(C)c1noc(N2CCC(OCC3CCOC3)CC2)n1. The molecular weight excluding hydrogens is 270 g/mol. The van der Waals surface area contributed by atoms with Gasteiger partial charge in [-0.2, -0.15) is 4.98 Å². The van der Waals surface area contributed by atoms with Gasteiger partial charge in [-0.05, 0) is 19.3 Å². The van der Waals surface area contributed by atoms with Gasteiger partial charge in [-0.1, -0.05) is 19.0 Å². The van der Waals surface area contributed by atoms with Gasteiger partial charge in [0.25, 0.3) is 0 Å². The van der Waals surface area contributed by atoms with Gasteiger partial charge in [0.05, 0.1) is 19.3 Å². The third-order valence-corrected chi connectivity index (χ3v) is 4.25. The Morgan fingerprint density at radius 3 is 2.71 bits per heavy atom. The van der Waals surface area contributed by atoms with Gasteiger partial charge in [-0.3, -0.25) is 0 Å². The van der Waals surface area contributed by atoms with Crippen molar-refractivity contribution in [2.75, 3.05) is 37.8 Å². The van der Waals surface area contributed by atoms with Crippen LogP contribution in [0.1, 0.15) is 44.9 Å². The molecule has 1 atom stereocenters. The van der Waals surface area contributed by atoms with E-state index in [4.69, 9.17) is 14.0 Å². The molecule has 3 rings (SSSR count). The van der Waals surface area contributed by atoms with Crippen molar-refractivity contribution in [3.8, 4) is 0 Å². The Balaban J connectivity index is 1.43. The molecule has 1 unspecified atom stereocenters. The van der Waals surface area contributed by atoms with Gasteiger partial charge in [0.15, 0.2) is 5.82 Å². The summed E-state index contributed by atoms with van der Waals surface area (Å²) in [5, 5.41) is 4.03. The molecule has 1 aromatic heterocycles. The Hall–Kier alpha value is -1.14. The van der Waals surface area contributed by atoms with E-state index in [0.29, 0.717) is 24.0 Å². The highest BCUT2D eigenvalue weighted by Gasteiger charge is 2.25. The van der Waals surface area contributed by atoms with Crippen LogP contribution in [0, 0.1) is 5.92 Å². The topological polar surface area (TPSA) is 60.6 Å². The molecule has 6 nitrogen and oxygen atoms in total. The van der Waals surface area contributed by atoms with E-state index in [1.165, 1.54) is 0 Å². The minimum absolute atomic E-state index is 0.303. The second-order valence-electron chi connectivity index (χ2n) is 6.34. The molecule has 0 saturated carbocycles. The van der Waals surface area contributed by atoms with Crippen LogP contribution in [0.2, 0.25) is 0 Å². The monoisotopic (exact) mass is 295 g/mol. The maximum absolute atomic E-state index is 6.02. The Morgan fingerprint density at radius 1 is 1.29 bits per heavy atom. The molecule has 2 fully saturated rings. The first-order chi connectivity index (χ1) is 10.2. The number of piperidine rings is 1. The van der Waals surface area contributed by atoms with E-state index in [2.05, 4.69) is 28.9 Å². The molecule has 1 aromatic rings. The average Bonchev–Trinajstić information content (AvgIpc) is 3.17. The highest BCUT2D eigenvalue weighted by molar-refractivity contribution is 5.26. The summed E-state index contributed by atoms with van der Waals surface area (Å²) in [4.78, 5) is 6.62. The molecule has 0 N–H and O–H groups in total. The van der Waals surface area contributed by atoms with Gasteiger partial charge in [0, 0.05) is 31.5 Å². The smallest absolute Gasteiger partial charge is 0.324 e. The summed E-state index contributed by atoms with van der Waals surface area (Å²) in [5.74, 6) is 1.68. The molecule has 21 heavy (non-hydrogen) atoms. The van der Waals surface area contributed by atoms with Crippen LogP contribution in [0.15, 0.2) is 4.52 Å². The van der Waals surface area contributed by atoms with Crippen LogP contribution in [0.4, 0.5) is 6.01 Å². The number of hydrogen-bond donors (Lipinski definition) is 0. The molecule has 0 aliphatic carbocycles. The summed E-state index contributed by atoms with van der Waals surface area (Å²) in [7, 11) is 0. The van der Waals surface area contributed by atoms with Crippen molar-refractivity contribution in [1.29, 1.82) is 0 Å². The van der Waals surface area contributed by atoms with Crippen LogP contribution in [-0.4, -0.2) is 49.2 Å². The summed E-state index contributed by atoms with van der Waals surface area (Å²) in [6, 6.07) is 0.654. The lowest BCUT2D eigenvalue weighted by atomic mass is 10.1. The van der Waals surface area contributed by atoms with Crippen molar-refractivity contribution >= 4 is 6.01 Å². The number of hydrogen-bond acceptors (Lipinski definition) is 6. The van der Waals surface area contributed by atoms with E-state index in [9.17, 15) is 0 Å². The van der Waals surface area contributed by atoms with Crippen LogP contribution >= 0.6 is 0 Å². The molecule has 0 radical (unpaired) electrons. The summed E-state index contributed by atoms with van der Waals surface area (Å²) in [5.41, 5.74) is 0. The van der Waals surface area contributed by atoms with E-state index in [-0.39, 0.29) is 0 Å². The van der Waals surface area contributed by atoms with E-state index < -0.39 is 0 Å². The number of anilines is 1. The molecular formula is C15H25N3O3. The fraction of sp³-hybridized carbons (Fsp3) is 0.867. The fourth-order valence-corrected chi connectivity index (χ4v) is 2.79. The first-order valence-corrected chi connectivity index (χ1v) is 8.00. The zero-order chi connectivity index (χ0) is 14.7. The summed E-state index contributed by atoms with van der Waals surface area (Å²) >= 11 is 0. The summed E-state index contributed by atoms with van der Waals surface area (Å²) in [6.07, 6.45) is 3.54. The van der Waals surface area contributed by atoms with Crippen LogP contribution < -0.4 is 4.90 Å². The number of ether oxygens (including phenoxy) is 2. The van der Waals surface area contributed by atoms with Crippen molar-refractivity contribution in [1.82, 2.24) is 10.1 Å². The zero-order valence-electron chi connectivity index (χ0n) is 13.0. The lowest BCUT2D eigenvalue weighted by Crippen LogP contribution is -2.37. The van der Waals surface area contributed by atoms with Gasteiger partial charge in [0.2, 0.25) is 0 Å². The van der Waals surface area contributed by atoms with Gasteiger partial charge in [-0.15, -0.1) is 0 Å². The van der Waals surface area contributed by atoms with E-state index >= 15 is 0 Å². The number of rotatable bonds is 5. The molecule has 0 bridgehead atoms. The molecule has 2 saturated heterocycles. The lowest BCUT2D eigenvalue weighted by molar-refractivity contribution is 0.0126. The first-order valence-electron chi connectivity index (χ1n) is 8.00. The van der Waals surface area contributed by atoms with E-state index in [1.54, 1.807) is 0 Å². The molecule has 0 spiro atoms. The molecule has 6 heteroatoms. The quantitative estimate of drug-likeness (QED) is 0.830. The second kappa shape index (κ2) is 6.75. The standard InChI is InChI=1S/C15H25N3O3/c1-11(2)14-16-15(21-17-14)18-6-3-13(4-7-18)20-10-12-5-8-19-9-12/h11-13H,3-10H2,1-2H3. The maximum atomic E-state index is 6.02. The predicted octanol–water partition coefficient (Wildman–Crippen LogP) is 2.21. The molecule has 0 amide bonds. The minimum Gasteiger partial charge on any atom is -0.381 e. The highest BCUT2D eigenvalue weighted by atomic mass is 16.5. The van der Waals surface area contributed by atoms with Gasteiger partial charge < -0.3 is 18.9 Å². The van der Waals surface area contributed by atoms with E-state index in [1.807, 2.05) is 0 Å². The zero-order valence-corrected chi connectivity index (χ0v) is 13.0. The summed E-state index contributed by atoms with van der Waals surface area (Å²) in [6.45, 7) is 8.57. The number of aromatic nitrogens is 2. The lowest BCUT2D eigenvalue weighted by Gasteiger charge is -2.30. The van der Waals surface area contributed by atoms with Crippen molar-refractivity contribution in [3.05, 3.63) is 5.82 Å². The second-order valence-corrected chi connectivity index (χ2v) is 6.34. The maximum Gasteiger partial charge on any atom is 0.324 e. The fourth-order valence-electron chi connectivity index (χ4n) is 2.79. The molecule has 3 heterocycles. The Labute approximate surface area is 125 Å². The molecule has 2 aliphatic rings. The Morgan fingerprint density at radius 2 is 2.10 bits per heavy atom.